The van der Waals surface area contributed by atoms with Crippen LogP contribution in [0.2, 0.25) is 0 Å². The summed E-state index contributed by atoms with van der Waals surface area (Å²) >= 11 is 0. The van der Waals surface area contributed by atoms with Crippen molar-refractivity contribution < 1.29 is 19.1 Å². The van der Waals surface area contributed by atoms with Gasteiger partial charge in [-0.3, -0.25) is 14.7 Å². The molecule has 2 N–H and O–H groups in total. The topological polar surface area (TPSA) is 109 Å². The number of amides is 2. The Bertz CT molecular complexity index is 1110. The minimum Gasteiger partial charge on any atom is -0.497 e. The Hall–Kier alpha value is -3.88. The summed E-state index contributed by atoms with van der Waals surface area (Å²) in [7, 11) is 3.10. The van der Waals surface area contributed by atoms with Gasteiger partial charge in [0, 0.05) is 41.9 Å². The summed E-state index contributed by atoms with van der Waals surface area (Å²) in [6, 6.07) is 12.6. The maximum atomic E-state index is 13.0. The number of H-pyrrole nitrogens is 1. The highest BCUT2D eigenvalue weighted by atomic mass is 16.5. The molecule has 1 aromatic heterocycles. The summed E-state index contributed by atoms with van der Waals surface area (Å²) < 4.78 is 10.5. The zero-order valence-corrected chi connectivity index (χ0v) is 18.9. The number of nitrogens with one attached hydrogen (secondary N) is 2. The van der Waals surface area contributed by atoms with Crippen LogP contribution in [0, 0.1) is 12.8 Å². The highest BCUT2D eigenvalue weighted by Crippen LogP contribution is 2.26. The van der Waals surface area contributed by atoms with Crippen LogP contribution in [0.1, 0.15) is 29.0 Å². The van der Waals surface area contributed by atoms with E-state index in [4.69, 9.17) is 9.47 Å². The monoisotopic (exact) mass is 449 g/mol. The van der Waals surface area contributed by atoms with Crippen molar-refractivity contribution in [3.63, 3.8) is 0 Å². The lowest BCUT2D eigenvalue weighted by Gasteiger charge is -2.31. The molecule has 0 saturated carbocycles. The number of rotatable bonds is 6. The van der Waals surface area contributed by atoms with Gasteiger partial charge in [0.05, 0.1) is 14.2 Å². The lowest BCUT2D eigenvalue weighted by molar-refractivity contribution is -0.121. The van der Waals surface area contributed by atoms with Crippen molar-refractivity contribution in [2.45, 2.75) is 19.8 Å². The summed E-state index contributed by atoms with van der Waals surface area (Å²) in [6.45, 7) is 2.87. The zero-order valence-electron chi connectivity index (χ0n) is 18.9. The smallest absolute Gasteiger partial charge is 0.254 e. The average Bonchev–Trinajstić information content (AvgIpc) is 3.29. The number of carbonyl (C=O) groups is 2. The number of hydrogen-bond acceptors (Lipinski definition) is 6. The van der Waals surface area contributed by atoms with E-state index in [0.717, 1.165) is 17.1 Å². The molecule has 0 atom stereocenters. The minimum absolute atomic E-state index is 0.0355. The lowest BCUT2D eigenvalue weighted by Crippen LogP contribution is -2.41. The first kappa shape index (κ1) is 22.3. The number of likely N-dealkylation sites (tertiary alicyclic amines) is 1. The van der Waals surface area contributed by atoms with Gasteiger partial charge in [0.25, 0.3) is 5.91 Å². The van der Waals surface area contributed by atoms with E-state index < -0.39 is 0 Å². The third-order valence-electron chi connectivity index (χ3n) is 5.76. The highest BCUT2D eigenvalue weighted by molar-refractivity contribution is 5.96. The summed E-state index contributed by atoms with van der Waals surface area (Å²) in [5, 5.41) is 9.94. The number of aromatic amines is 1. The van der Waals surface area contributed by atoms with E-state index >= 15 is 0 Å². The Morgan fingerprint density at radius 2 is 1.67 bits per heavy atom. The molecular weight excluding hydrogens is 422 g/mol. The molecule has 0 aliphatic carbocycles. The number of methoxy groups -OCH3 is 2. The van der Waals surface area contributed by atoms with Crippen LogP contribution in [0.4, 0.5) is 5.69 Å². The number of piperidine rings is 1. The van der Waals surface area contributed by atoms with Crippen molar-refractivity contribution in [2.24, 2.45) is 5.92 Å². The van der Waals surface area contributed by atoms with E-state index in [1.165, 1.54) is 0 Å². The second-order valence-corrected chi connectivity index (χ2v) is 7.98. The standard InChI is InChI=1S/C24H27N5O4/c1-15-25-22(28-27-15)16-4-6-19(7-5-16)26-23(30)17-8-10-29(11-9-17)24(31)18-12-20(32-2)14-21(13-18)33-3/h4-7,12-14,17H,8-11H2,1-3H3,(H,26,30)(H,25,27,28). The fraction of sp³-hybridized carbons (Fsp3) is 0.333. The molecule has 172 valence electrons. The lowest BCUT2D eigenvalue weighted by atomic mass is 9.95. The van der Waals surface area contributed by atoms with Crippen LogP contribution in [-0.2, 0) is 4.79 Å². The number of ether oxygens (including phenoxy) is 2. The molecule has 0 bridgehead atoms. The number of anilines is 1. The van der Waals surface area contributed by atoms with Gasteiger partial charge in [-0.15, -0.1) is 0 Å². The van der Waals surface area contributed by atoms with Gasteiger partial charge >= 0.3 is 0 Å². The van der Waals surface area contributed by atoms with Crippen molar-refractivity contribution in [1.29, 1.82) is 0 Å². The summed E-state index contributed by atoms with van der Waals surface area (Å²) in [4.78, 5) is 31.8. The molecule has 3 aromatic rings. The molecule has 4 rings (SSSR count). The Morgan fingerprint density at radius 3 is 2.21 bits per heavy atom. The van der Waals surface area contributed by atoms with Crippen molar-refractivity contribution >= 4 is 17.5 Å². The van der Waals surface area contributed by atoms with Crippen molar-refractivity contribution in [3.05, 3.63) is 53.9 Å². The van der Waals surface area contributed by atoms with Crippen molar-refractivity contribution in [1.82, 2.24) is 20.1 Å². The number of hydrogen-bond donors (Lipinski definition) is 2. The third kappa shape index (κ3) is 5.14. The Balaban J connectivity index is 1.33. The van der Waals surface area contributed by atoms with Crippen LogP contribution in [0.3, 0.4) is 0 Å². The van der Waals surface area contributed by atoms with Crippen LogP contribution < -0.4 is 14.8 Å². The first-order valence-electron chi connectivity index (χ1n) is 10.8. The number of carbonyl (C=O) groups excluding carboxylic acids is 2. The van der Waals surface area contributed by atoms with Gasteiger partial charge in [-0.1, -0.05) is 0 Å². The summed E-state index contributed by atoms with van der Waals surface area (Å²) in [5.74, 6) is 2.22. The van der Waals surface area contributed by atoms with E-state index in [2.05, 4.69) is 20.5 Å². The Labute approximate surface area is 192 Å². The van der Waals surface area contributed by atoms with Crippen LogP contribution >= 0.6 is 0 Å². The van der Waals surface area contributed by atoms with Crippen LogP contribution in [0.15, 0.2) is 42.5 Å². The predicted molar refractivity (Wildman–Crippen MR) is 123 cm³/mol. The molecule has 33 heavy (non-hydrogen) atoms. The van der Waals surface area contributed by atoms with Gasteiger partial charge in [0.2, 0.25) is 5.91 Å². The molecule has 2 heterocycles. The number of aryl methyl sites for hydroxylation is 1. The van der Waals surface area contributed by atoms with E-state index in [9.17, 15) is 9.59 Å². The Morgan fingerprint density at radius 1 is 1.03 bits per heavy atom. The average molecular weight is 450 g/mol. The van der Waals surface area contributed by atoms with Gasteiger partial charge in [-0.25, -0.2) is 4.98 Å². The van der Waals surface area contributed by atoms with Crippen LogP contribution in [-0.4, -0.2) is 59.2 Å². The van der Waals surface area contributed by atoms with Gasteiger partial charge < -0.3 is 19.7 Å². The second-order valence-electron chi connectivity index (χ2n) is 7.98. The fourth-order valence-electron chi connectivity index (χ4n) is 3.88. The maximum absolute atomic E-state index is 13.0. The molecule has 9 nitrogen and oxygen atoms in total. The predicted octanol–water partition coefficient (Wildman–Crippen LogP) is 3.29. The summed E-state index contributed by atoms with van der Waals surface area (Å²) in [6.07, 6.45) is 1.21. The van der Waals surface area contributed by atoms with Crippen molar-refractivity contribution in [2.75, 3.05) is 32.6 Å². The zero-order chi connectivity index (χ0) is 23.4. The van der Waals surface area contributed by atoms with Crippen LogP contribution in [0.5, 0.6) is 11.5 Å². The van der Waals surface area contributed by atoms with Crippen molar-refractivity contribution in [3.8, 4) is 22.9 Å². The minimum atomic E-state index is -0.149. The van der Waals surface area contributed by atoms with Gasteiger partial charge in [0.1, 0.15) is 17.3 Å². The normalized spacial score (nSPS) is 14.1. The van der Waals surface area contributed by atoms with Gasteiger partial charge in [-0.2, -0.15) is 5.10 Å². The second kappa shape index (κ2) is 9.72. The molecule has 1 fully saturated rings. The third-order valence-corrected chi connectivity index (χ3v) is 5.76. The highest BCUT2D eigenvalue weighted by Gasteiger charge is 2.28. The maximum Gasteiger partial charge on any atom is 0.254 e. The first-order valence-corrected chi connectivity index (χ1v) is 10.8. The Kier molecular flexibility index (Phi) is 6.58. The first-order chi connectivity index (χ1) is 16.0. The largest absolute Gasteiger partial charge is 0.497 e. The van der Waals surface area contributed by atoms with E-state index in [1.54, 1.807) is 37.3 Å². The molecule has 9 heteroatoms. The molecule has 0 spiro atoms. The molecule has 0 radical (unpaired) electrons. The van der Waals surface area contributed by atoms with Gasteiger partial charge in [0.15, 0.2) is 5.82 Å². The number of benzene rings is 2. The molecule has 1 aliphatic rings. The fourth-order valence-corrected chi connectivity index (χ4v) is 3.88. The molecule has 1 aliphatic heterocycles. The SMILES string of the molecule is COc1cc(OC)cc(C(=O)N2CCC(C(=O)Nc3ccc(-c4n[nH]c(C)n4)cc3)CC2)c1. The van der Waals surface area contributed by atoms with Gasteiger partial charge in [-0.05, 0) is 56.2 Å². The molecule has 2 aromatic carbocycles. The van der Waals surface area contributed by atoms with E-state index in [-0.39, 0.29) is 17.7 Å². The molecular formula is C24H27N5O4. The van der Waals surface area contributed by atoms with E-state index in [0.29, 0.717) is 48.8 Å². The van der Waals surface area contributed by atoms with Crippen LogP contribution in [0.25, 0.3) is 11.4 Å². The van der Waals surface area contributed by atoms with E-state index in [1.807, 2.05) is 31.2 Å². The molecule has 2 amide bonds. The summed E-state index contributed by atoms with van der Waals surface area (Å²) in [5.41, 5.74) is 2.10. The number of nitrogens with zero attached hydrogens (tertiary/aromatic N) is 3. The molecule has 0 unspecified atom stereocenters. The molecule has 1 saturated heterocycles. The number of aromatic nitrogens is 3. The quantitative estimate of drug-likeness (QED) is 0.598.